The van der Waals surface area contributed by atoms with Gasteiger partial charge >= 0.3 is 0 Å². The van der Waals surface area contributed by atoms with Crippen molar-refractivity contribution in [1.29, 1.82) is 0 Å². The fraction of sp³-hybridized carbons (Fsp3) is 0.200. The average molecular weight is 337 g/mol. The quantitative estimate of drug-likeness (QED) is 0.745. The van der Waals surface area contributed by atoms with E-state index in [0.29, 0.717) is 16.9 Å². The normalized spacial score (nSPS) is 15.0. The van der Waals surface area contributed by atoms with Crippen LogP contribution >= 0.6 is 11.8 Å². The summed E-state index contributed by atoms with van der Waals surface area (Å²) in [5.74, 6) is 0.230. The number of thioether (sulfide) groups is 1. The van der Waals surface area contributed by atoms with Gasteiger partial charge in [0.25, 0.3) is 0 Å². The van der Waals surface area contributed by atoms with Crippen LogP contribution in [0.15, 0.2) is 70.6 Å². The number of amides is 1. The lowest BCUT2D eigenvalue weighted by atomic mass is 10.1. The highest BCUT2D eigenvalue weighted by atomic mass is 32.2. The molecule has 2 aromatic rings. The third kappa shape index (κ3) is 3.44. The number of benzene rings is 2. The second-order valence-corrected chi connectivity index (χ2v) is 7.20. The number of carbonyl (C=O) groups is 2. The largest absolute Gasteiger partial charge is 0.288 e. The molecule has 0 fully saturated rings. The molecule has 0 aliphatic carbocycles. The van der Waals surface area contributed by atoms with Crippen LogP contribution in [0.2, 0.25) is 0 Å². The first-order valence-electron chi connectivity index (χ1n) is 7.97. The van der Waals surface area contributed by atoms with E-state index in [1.54, 1.807) is 11.1 Å². The van der Waals surface area contributed by atoms with Gasteiger partial charge in [0.05, 0.1) is 4.91 Å². The lowest BCUT2D eigenvalue weighted by molar-refractivity contribution is -0.118. The molecule has 1 aliphatic heterocycles. The van der Waals surface area contributed by atoms with E-state index < -0.39 is 0 Å². The number of hydrogen-bond donors (Lipinski definition) is 0. The Kier molecular flexibility index (Phi) is 4.86. The van der Waals surface area contributed by atoms with Crippen LogP contribution in [0.3, 0.4) is 0 Å². The van der Waals surface area contributed by atoms with Crippen LogP contribution in [0.1, 0.15) is 30.6 Å². The van der Waals surface area contributed by atoms with E-state index in [9.17, 15) is 9.59 Å². The maximum atomic E-state index is 12.7. The number of fused-ring (bicyclic) bond motifs is 1. The van der Waals surface area contributed by atoms with E-state index in [1.807, 2.05) is 68.4 Å². The fourth-order valence-corrected chi connectivity index (χ4v) is 3.58. The van der Waals surface area contributed by atoms with E-state index in [4.69, 9.17) is 0 Å². The molecule has 0 radical (unpaired) electrons. The average Bonchev–Trinajstić information content (AvgIpc) is 2.89. The number of hydrogen-bond acceptors (Lipinski definition) is 3. The minimum atomic E-state index is -0.0196. The molecule has 24 heavy (non-hydrogen) atoms. The summed E-state index contributed by atoms with van der Waals surface area (Å²) in [6, 6.07) is 17.0. The van der Waals surface area contributed by atoms with Crippen LogP contribution in [0.25, 0.3) is 0 Å². The molecule has 0 N–H and O–H groups in total. The summed E-state index contributed by atoms with van der Waals surface area (Å²) in [6.07, 6.45) is 2.12. The monoisotopic (exact) mass is 337 g/mol. The highest BCUT2D eigenvalue weighted by Gasteiger charge is 2.27. The Morgan fingerprint density at radius 1 is 1.08 bits per heavy atom. The lowest BCUT2D eigenvalue weighted by Crippen LogP contribution is -2.27. The molecule has 1 aliphatic rings. The van der Waals surface area contributed by atoms with Crippen molar-refractivity contribution in [2.75, 3.05) is 4.90 Å². The Hall–Kier alpha value is -2.33. The van der Waals surface area contributed by atoms with Crippen LogP contribution in [0, 0.1) is 5.92 Å². The summed E-state index contributed by atoms with van der Waals surface area (Å²) in [7, 11) is 0. The fourth-order valence-electron chi connectivity index (χ4n) is 2.57. The molecule has 0 unspecified atom stereocenters. The van der Waals surface area contributed by atoms with E-state index in [1.165, 1.54) is 11.8 Å². The molecule has 0 bridgehead atoms. The van der Waals surface area contributed by atoms with Gasteiger partial charge in [0.1, 0.15) is 0 Å². The van der Waals surface area contributed by atoms with Gasteiger partial charge in [-0.2, -0.15) is 0 Å². The Labute approximate surface area is 146 Å². The number of ketones is 1. The Balaban J connectivity index is 1.96. The Bertz CT molecular complexity index is 796. The second-order valence-electron chi connectivity index (χ2n) is 6.12. The molecule has 3 rings (SSSR count). The predicted octanol–water partition coefficient (Wildman–Crippen LogP) is 4.90. The number of carbonyl (C=O) groups excluding carboxylic acids is 2. The summed E-state index contributed by atoms with van der Waals surface area (Å²) in [6.45, 7) is 4.03. The standard InChI is InChI=1S/C20H19NO2S/c1-14(2)12-19(22)21(15-8-4-3-5-9-15)13-18-20(23)16-10-6-7-11-17(16)24-18/h3-11,13-14H,12H2,1-2H3/b18-13-. The molecule has 3 nitrogen and oxygen atoms in total. The van der Waals surface area contributed by atoms with E-state index >= 15 is 0 Å². The number of allylic oxidation sites excluding steroid dienone is 1. The number of anilines is 1. The summed E-state index contributed by atoms with van der Waals surface area (Å²) in [5, 5.41) is 0. The van der Waals surface area contributed by atoms with Gasteiger partial charge in [0.2, 0.25) is 11.7 Å². The van der Waals surface area contributed by atoms with Crippen LogP contribution < -0.4 is 4.90 Å². The Morgan fingerprint density at radius 2 is 1.75 bits per heavy atom. The first-order chi connectivity index (χ1) is 11.6. The molecule has 0 aromatic heterocycles. The van der Waals surface area contributed by atoms with Crippen LogP contribution in [0.4, 0.5) is 5.69 Å². The maximum Gasteiger partial charge on any atom is 0.231 e. The highest BCUT2D eigenvalue weighted by molar-refractivity contribution is 8.04. The third-order valence-electron chi connectivity index (χ3n) is 3.71. The van der Waals surface area contributed by atoms with Crippen molar-refractivity contribution in [1.82, 2.24) is 0 Å². The molecule has 1 amide bonds. The van der Waals surface area contributed by atoms with Gasteiger partial charge in [-0.15, -0.1) is 0 Å². The maximum absolute atomic E-state index is 12.7. The topological polar surface area (TPSA) is 37.4 Å². The van der Waals surface area contributed by atoms with Gasteiger partial charge in [-0.1, -0.05) is 55.9 Å². The van der Waals surface area contributed by atoms with Gasteiger partial charge in [0.15, 0.2) is 0 Å². The SMILES string of the molecule is CC(C)CC(=O)N(/C=C1\Sc2ccccc2C1=O)c1ccccc1. The lowest BCUT2D eigenvalue weighted by Gasteiger charge is -2.20. The summed E-state index contributed by atoms with van der Waals surface area (Å²) in [5.41, 5.74) is 1.48. The molecular weight excluding hydrogens is 318 g/mol. The highest BCUT2D eigenvalue weighted by Crippen LogP contribution is 2.40. The van der Waals surface area contributed by atoms with Crippen molar-refractivity contribution in [3.05, 3.63) is 71.3 Å². The summed E-state index contributed by atoms with van der Waals surface area (Å²) in [4.78, 5) is 28.4. The van der Waals surface area contributed by atoms with Crippen molar-refractivity contribution in [2.24, 2.45) is 5.92 Å². The van der Waals surface area contributed by atoms with Crippen molar-refractivity contribution < 1.29 is 9.59 Å². The molecule has 0 saturated heterocycles. The summed E-state index contributed by atoms with van der Waals surface area (Å²) >= 11 is 1.42. The molecule has 0 saturated carbocycles. The predicted molar refractivity (Wildman–Crippen MR) is 98.1 cm³/mol. The van der Waals surface area contributed by atoms with E-state index in [0.717, 1.165) is 10.6 Å². The number of nitrogens with zero attached hydrogens (tertiary/aromatic N) is 1. The first-order valence-corrected chi connectivity index (χ1v) is 8.78. The van der Waals surface area contributed by atoms with Crippen molar-refractivity contribution in [2.45, 2.75) is 25.2 Å². The molecule has 1 heterocycles. The minimum absolute atomic E-state index is 0.00643. The van der Waals surface area contributed by atoms with E-state index in [-0.39, 0.29) is 17.6 Å². The Morgan fingerprint density at radius 3 is 2.42 bits per heavy atom. The van der Waals surface area contributed by atoms with Crippen LogP contribution in [0.5, 0.6) is 0 Å². The van der Waals surface area contributed by atoms with E-state index in [2.05, 4.69) is 0 Å². The van der Waals surface area contributed by atoms with Gasteiger partial charge in [0, 0.05) is 28.8 Å². The molecular formula is C20H19NO2S. The summed E-state index contributed by atoms with van der Waals surface area (Å²) < 4.78 is 0. The van der Waals surface area contributed by atoms with Crippen molar-refractivity contribution in [3.8, 4) is 0 Å². The zero-order valence-electron chi connectivity index (χ0n) is 13.7. The van der Waals surface area contributed by atoms with Crippen molar-refractivity contribution in [3.63, 3.8) is 0 Å². The van der Waals surface area contributed by atoms with Gasteiger partial charge < -0.3 is 0 Å². The number of rotatable bonds is 4. The molecule has 4 heteroatoms. The van der Waals surface area contributed by atoms with Gasteiger partial charge in [-0.3, -0.25) is 14.5 Å². The molecule has 122 valence electrons. The number of Topliss-reactive ketones (excluding diaryl/α,β-unsaturated/α-hetero) is 1. The number of para-hydroxylation sites is 1. The van der Waals surface area contributed by atoms with Gasteiger partial charge in [-0.25, -0.2) is 0 Å². The third-order valence-corrected chi connectivity index (χ3v) is 4.79. The first kappa shape index (κ1) is 16.5. The zero-order valence-corrected chi connectivity index (χ0v) is 14.5. The molecule has 0 atom stereocenters. The molecule has 0 spiro atoms. The van der Waals surface area contributed by atoms with Crippen LogP contribution in [-0.2, 0) is 4.79 Å². The minimum Gasteiger partial charge on any atom is -0.288 e. The second kappa shape index (κ2) is 7.05. The van der Waals surface area contributed by atoms with Crippen LogP contribution in [-0.4, -0.2) is 11.7 Å². The van der Waals surface area contributed by atoms with Crippen molar-refractivity contribution >= 4 is 29.1 Å². The smallest absolute Gasteiger partial charge is 0.231 e. The molecule has 2 aromatic carbocycles. The zero-order chi connectivity index (χ0) is 17.1. The van der Waals surface area contributed by atoms with Gasteiger partial charge in [-0.05, 0) is 30.2 Å².